The lowest BCUT2D eigenvalue weighted by molar-refractivity contribution is 0.397. The zero-order chi connectivity index (χ0) is 20.9. The summed E-state index contributed by atoms with van der Waals surface area (Å²) < 4.78 is 0. The van der Waals surface area contributed by atoms with Gasteiger partial charge in [-0.25, -0.2) is 0 Å². The second-order valence-electron chi connectivity index (χ2n) is 7.35. The molecule has 1 N–H and O–H groups in total. The molecule has 1 aromatic heterocycles. The van der Waals surface area contributed by atoms with Gasteiger partial charge >= 0.3 is 0 Å². The number of hydrogen-bond acceptors (Lipinski definition) is 3. The largest absolute Gasteiger partial charge is 0.372 e. The molecule has 4 nitrogen and oxygen atoms in total. The van der Waals surface area contributed by atoms with E-state index in [-0.39, 0.29) is 0 Å². The van der Waals surface area contributed by atoms with E-state index in [9.17, 15) is 0 Å². The Morgan fingerprint density at radius 2 is 1.66 bits per heavy atom. The quantitative estimate of drug-likeness (QED) is 0.373. The Labute approximate surface area is 182 Å². The molecule has 0 aliphatic carbocycles. The van der Waals surface area contributed by atoms with Crippen LogP contribution in [0.2, 0.25) is 0 Å². The molecule has 2 rings (SSSR count). The van der Waals surface area contributed by atoms with Crippen molar-refractivity contribution in [3.63, 3.8) is 0 Å². The average molecular weight is 413 g/mol. The molecule has 0 saturated heterocycles. The lowest BCUT2D eigenvalue weighted by Crippen LogP contribution is -2.39. The zero-order valence-electron chi connectivity index (χ0n) is 18.2. The van der Waals surface area contributed by atoms with Crippen molar-refractivity contribution in [3.05, 3.63) is 59.9 Å². The Hall–Kier alpha value is -2.14. The molecule has 0 aliphatic rings. The molecule has 0 fully saturated rings. The van der Waals surface area contributed by atoms with Gasteiger partial charge in [-0.15, -0.1) is 0 Å². The highest BCUT2D eigenvalue weighted by molar-refractivity contribution is 7.80. The van der Waals surface area contributed by atoms with Gasteiger partial charge in [0.05, 0.1) is 0 Å². The van der Waals surface area contributed by atoms with Crippen LogP contribution in [0.5, 0.6) is 0 Å². The van der Waals surface area contributed by atoms with Crippen LogP contribution in [0, 0.1) is 0 Å². The normalized spacial score (nSPS) is 10.6. The second-order valence-corrected chi connectivity index (χ2v) is 7.74. The van der Waals surface area contributed by atoms with E-state index in [2.05, 4.69) is 71.2 Å². The van der Waals surface area contributed by atoms with Gasteiger partial charge in [0.2, 0.25) is 0 Å². The summed E-state index contributed by atoms with van der Waals surface area (Å²) in [6.45, 7) is 11.1. The molecule has 0 spiro atoms. The third kappa shape index (κ3) is 8.01. The topological polar surface area (TPSA) is 31.4 Å². The Kier molecular flexibility index (Phi) is 10.5. The van der Waals surface area contributed by atoms with Crippen molar-refractivity contribution < 1.29 is 0 Å². The van der Waals surface area contributed by atoms with Gasteiger partial charge in [0.25, 0.3) is 0 Å². The smallest absolute Gasteiger partial charge is 0.169 e. The number of thiocarbonyl (C=S) groups is 1. The average Bonchev–Trinajstić information content (AvgIpc) is 2.75. The standard InChI is InChI=1S/C24H36N4S/c1-4-7-8-9-17-26-24(29)28(20-22-11-10-16-25-18-22)19-21-12-14-23(15-13-21)27(5-2)6-3/h10-16,18H,4-9,17,19-20H2,1-3H3,(H,26,29). The SMILES string of the molecule is CCCCCCNC(=S)N(Cc1ccc(N(CC)CC)cc1)Cc1cccnc1. The van der Waals surface area contributed by atoms with E-state index in [1.165, 1.54) is 36.1 Å². The maximum absolute atomic E-state index is 5.74. The van der Waals surface area contributed by atoms with E-state index in [1.54, 1.807) is 0 Å². The summed E-state index contributed by atoms with van der Waals surface area (Å²) in [6, 6.07) is 12.9. The van der Waals surface area contributed by atoms with Crippen LogP contribution in [0.25, 0.3) is 0 Å². The minimum atomic E-state index is 0.756. The predicted octanol–water partition coefficient (Wildman–Crippen LogP) is 5.38. The van der Waals surface area contributed by atoms with Crippen LogP contribution in [0.3, 0.4) is 0 Å². The van der Waals surface area contributed by atoms with Gasteiger partial charge in [-0.2, -0.15) is 0 Å². The highest BCUT2D eigenvalue weighted by Crippen LogP contribution is 2.17. The summed E-state index contributed by atoms with van der Waals surface area (Å²) in [5.74, 6) is 0. The van der Waals surface area contributed by atoms with Crippen molar-refractivity contribution in [2.45, 2.75) is 59.5 Å². The fourth-order valence-electron chi connectivity index (χ4n) is 3.39. The molecule has 0 aliphatic heterocycles. The van der Waals surface area contributed by atoms with Gasteiger partial charge in [0.1, 0.15) is 0 Å². The fourth-order valence-corrected chi connectivity index (χ4v) is 3.62. The first-order chi connectivity index (χ1) is 14.2. The number of aromatic nitrogens is 1. The van der Waals surface area contributed by atoms with Crippen molar-refractivity contribution in [1.29, 1.82) is 0 Å². The molecule has 5 heteroatoms. The van der Waals surface area contributed by atoms with Crippen molar-refractivity contribution in [2.24, 2.45) is 0 Å². The van der Waals surface area contributed by atoms with Crippen molar-refractivity contribution in [3.8, 4) is 0 Å². The summed E-state index contributed by atoms with van der Waals surface area (Å²) in [4.78, 5) is 8.85. The van der Waals surface area contributed by atoms with Crippen molar-refractivity contribution in [2.75, 3.05) is 24.5 Å². The molecular formula is C24H36N4S. The Morgan fingerprint density at radius 3 is 2.28 bits per heavy atom. The first kappa shape index (κ1) is 23.1. The first-order valence-corrected chi connectivity index (χ1v) is 11.3. The number of rotatable bonds is 12. The first-order valence-electron chi connectivity index (χ1n) is 10.9. The molecule has 158 valence electrons. The number of unbranched alkanes of at least 4 members (excludes halogenated alkanes) is 3. The van der Waals surface area contributed by atoms with Gasteiger partial charge in [-0.05, 0) is 61.8 Å². The second kappa shape index (κ2) is 13.2. The third-order valence-corrected chi connectivity index (χ3v) is 5.53. The monoisotopic (exact) mass is 412 g/mol. The maximum atomic E-state index is 5.74. The Bertz CT molecular complexity index is 699. The molecule has 0 unspecified atom stereocenters. The summed E-state index contributed by atoms with van der Waals surface area (Å²) >= 11 is 5.74. The summed E-state index contributed by atoms with van der Waals surface area (Å²) in [5.41, 5.74) is 3.71. The summed E-state index contributed by atoms with van der Waals surface area (Å²) in [7, 11) is 0. The highest BCUT2D eigenvalue weighted by atomic mass is 32.1. The number of benzene rings is 1. The van der Waals surface area contributed by atoms with Gasteiger partial charge in [0.15, 0.2) is 5.11 Å². The molecule has 0 atom stereocenters. The van der Waals surface area contributed by atoms with Crippen LogP contribution in [0.4, 0.5) is 5.69 Å². The van der Waals surface area contributed by atoms with Crippen LogP contribution < -0.4 is 10.2 Å². The van der Waals surface area contributed by atoms with Crippen LogP contribution in [0.15, 0.2) is 48.8 Å². The molecule has 1 heterocycles. The maximum Gasteiger partial charge on any atom is 0.169 e. The number of nitrogens with one attached hydrogen (secondary N) is 1. The fraction of sp³-hybridized carbons (Fsp3) is 0.500. The molecule has 0 amide bonds. The Balaban J connectivity index is 2.03. The lowest BCUT2D eigenvalue weighted by atomic mass is 10.1. The molecular weight excluding hydrogens is 376 g/mol. The van der Waals surface area contributed by atoms with E-state index < -0.39 is 0 Å². The molecule has 0 saturated carbocycles. The lowest BCUT2D eigenvalue weighted by Gasteiger charge is -2.27. The summed E-state index contributed by atoms with van der Waals surface area (Å²) in [6.07, 6.45) is 8.67. The van der Waals surface area contributed by atoms with Crippen LogP contribution in [-0.4, -0.2) is 34.6 Å². The van der Waals surface area contributed by atoms with E-state index in [0.717, 1.165) is 44.3 Å². The van der Waals surface area contributed by atoms with Crippen LogP contribution in [-0.2, 0) is 13.1 Å². The third-order valence-electron chi connectivity index (χ3n) is 5.13. The molecule has 2 aromatic rings. The van der Waals surface area contributed by atoms with Crippen molar-refractivity contribution in [1.82, 2.24) is 15.2 Å². The summed E-state index contributed by atoms with van der Waals surface area (Å²) in [5, 5.41) is 4.28. The van der Waals surface area contributed by atoms with Gasteiger partial charge in [-0.1, -0.05) is 44.4 Å². The van der Waals surface area contributed by atoms with E-state index in [1.807, 2.05) is 18.5 Å². The van der Waals surface area contributed by atoms with E-state index in [4.69, 9.17) is 12.2 Å². The van der Waals surface area contributed by atoms with E-state index >= 15 is 0 Å². The van der Waals surface area contributed by atoms with Gasteiger partial charge < -0.3 is 15.1 Å². The van der Waals surface area contributed by atoms with Crippen molar-refractivity contribution >= 4 is 23.0 Å². The van der Waals surface area contributed by atoms with Crippen LogP contribution >= 0.6 is 12.2 Å². The predicted molar refractivity (Wildman–Crippen MR) is 128 cm³/mol. The molecule has 0 radical (unpaired) electrons. The molecule has 1 aromatic carbocycles. The zero-order valence-corrected chi connectivity index (χ0v) is 19.0. The molecule has 0 bridgehead atoms. The highest BCUT2D eigenvalue weighted by Gasteiger charge is 2.12. The molecule has 29 heavy (non-hydrogen) atoms. The van der Waals surface area contributed by atoms with Gasteiger partial charge in [-0.3, -0.25) is 4.98 Å². The Morgan fingerprint density at radius 1 is 0.931 bits per heavy atom. The number of nitrogens with zero attached hydrogens (tertiary/aromatic N) is 3. The minimum Gasteiger partial charge on any atom is -0.372 e. The minimum absolute atomic E-state index is 0.756. The van der Waals surface area contributed by atoms with Crippen LogP contribution in [0.1, 0.15) is 57.6 Å². The van der Waals surface area contributed by atoms with E-state index in [0.29, 0.717) is 0 Å². The van der Waals surface area contributed by atoms with Gasteiger partial charge in [0, 0.05) is 50.8 Å². The number of pyridine rings is 1. The number of anilines is 1. The number of hydrogen-bond donors (Lipinski definition) is 1.